The van der Waals surface area contributed by atoms with Gasteiger partial charge in [-0.05, 0) is 68.8 Å². The van der Waals surface area contributed by atoms with Gasteiger partial charge in [-0.1, -0.05) is 60.8 Å². The van der Waals surface area contributed by atoms with Crippen LogP contribution in [0.4, 0.5) is 17.1 Å². The van der Waals surface area contributed by atoms with Crippen LogP contribution < -0.4 is 21.1 Å². The normalized spacial score (nSPS) is 16.8. The van der Waals surface area contributed by atoms with Crippen LogP contribution in [0.5, 0.6) is 5.75 Å². The Labute approximate surface area is 292 Å². The molecule has 0 aliphatic carbocycles. The first kappa shape index (κ1) is 37.0. The molecular weight excluding hydrogens is 653 g/mol. The molecule has 3 amide bonds. The molecule has 12 heteroatoms. The first-order chi connectivity index (χ1) is 23.0. The molecule has 1 aliphatic rings. The standard InChI is InChI=1S/C36H45Cl2N5O5/c1-23-19-43(24(2)22-44)36(47)26-10-9-13-31(35(26)48-32(23)21-42(3)20-25-16-17-27(37)28(38)18-25)41-34(46)15-6-4-5-14-33(45)40-30-12-8-7-11-29(30)39/h7-13,16-18,23-24,32,44H,4-6,14-15,19-22,39H2,1-3H3,(H,40,45)(H,41,46)/t23-,24+,32+/m0/s1. The van der Waals surface area contributed by atoms with E-state index in [2.05, 4.69) is 15.5 Å². The zero-order valence-corrected chi connectivity index (χ0v) is 29.2. The molecule has 0 bridgehead atoms. The van der Waals surface area contributed by atoms with E-state index < -0.39 is 6.04 Å². The van der Waals surface area contributed by atoms with Gasteiger partial charge in [0.15, 0.2) is 5.75 Å². The molecule has 0 spiro atoms. The summed E-state index contributed by atoms with van der Waals surface area (Å²) in [4.78, 5) is 43.0. The van der Waals surface area contributed by atoms with E-state index in [1.165, 1.54) is 0 Å². The lowest BCUT2D eigenvalue weighted by atomic mass is 9.98. The molecule has 0 unspecified atom stereocenters. The summed E-state index contributed by atoms with van der Waals surface area (Å²) in [6.07, 6.45) is 2.10. The van der Waals surface area contributed by atoms with Gasteiger partial charge in [-0.15, -0.1) is 0 Å². The van der Waals surface area contributed by atoms with E-state index in [-0.39, 0.29) is 42.8 Å². The van der Waals surface area contributed by atoms with Crippen LogP contribution in [0.1, 0.15) is 61.9 Å². The number of hydrogen-bond donors (Lipinski definition) is 4. The van der Waals surface area contributed by atoms with E-state index in [1.807, 2.05) is 39.1 Å². The second-order valence-corrected chi connectivity index (χ2v) is 13.3. The smallest absolute Gasteiger partial charge is 0.258 e. The lowest BCUT2D eigenvalue weighted by Crippen LogP contribution is -2.49. The molecule has 0 aromatic heterocycles. The molecule has 0 fully saturated rings. The molecular formula is C36H45Cl2N5O5. The van der Waals surface area contributed by atoms with Crippen molar-refractivity contribution in [1.29, 1.82) is 0 Å². The number of nitrogens with one attached hydrogen (secondary N) is 2. The van der Waals surface area contributed by atoms with E-state index in [0.29, 0.717) is 83.7 Å². The third kappa shape index (κ3) is 10.1. The second-order valence-electron chi connectivity index (χ2n) is 12.5. The summed E-state index contributed by atoms with van der Waals surface area (Å²) in [5, 5.41) is 16.7. The van der Waals surface area contributed by atoms with Crippen LogP contribution in [0.15, 0.2) is 60.7 Å². The number of rotatable bonds is 14. The quantitative estimate of drug-likeness (QED) is 0.112. The average molecular weight is 699 g/mol. The minimum atomic E-state index is -0.411. The molecule has 0 saturated heterocycles. The Bertz CT molecular complexity index is 1590. The largest absolute Gasteiger partial charge is 0.486 e. The van der Waals surface area contributed by atoms with Crippen LogP contribution in [0, 0.1) is 5.92 Å². The van der Waals surface area contributed by atoms with Gasteiger partial charge >= 0.3 is 0 Å². The number of nitrogens with zero attached hydrogens (tertiary/aromatic N) is 2. The first-order valence-corrected chi connectivity index (χ1v) is 17.0. The summed E-state index contributed by atoms with van der Waals surface area (Å²) in [5.74, 6) is -0.412. The number of aliphatic hydroxyl groups is 1. The van der Waals surface area contributed by atoms with Gasteiger partial charge < -0.3 is 31.1 Å². The number of unbranched alkanes of at least 4 members (excludes halogenated alkanes) is 2. The Morgan fingerprint density at radius 1 is 1.00 bits per heavy atom. The monoisotopic (exact) mass is 697 g/mol. The molecule has 0 radical (unpaired) electrons. The van der Waals surface area contributed by atoms with Gasteiger partial charge in [0.1, 0.15) is 6.10 Å². The van der Waals surface area contributed by atoms with Gasteiger partial charge in [-0.2, -0.15) is 0 Å². The molecule has 3 atom stereocenters. The van der Waals surface area contributed by atoms with E-state index in [4.69, 9.17) is 33.7 Å². The number of likely N-dealkylation sites (N-methyl/N-ethyl adjacent to an activating group) is 1. The minimum absolute atomic E-state index is 0.105. The Hall–Kier alpha value is -3.83. The summed E-state index contributed by atoms with van der Waals surface area (Å²) < 4.78 is 6.62. The average Bonchev–Trinajstić information content (AvgIpc) is 3.05. The van der Waals surface area contributed by atoms with Crippen molar-refractivity contribution in [2.24, 2.45) is 5.92 Å². The number of halogens is 2. The van der Waals surface area contributed by atoms with Gasteiger partial charge in [0.2, 0.25) is 11.8 Å². The maximum atomic E-state index is 13.8. The van der Waals surface area contributed by atoms with Crippen molar-refractivity contribution >= 4 is 58.0 Å². The fourth-order valence-corrected chi connectivity index (χ4v) is 5.99. The highest BCUT2D eigenvalue weighted by Gasteiger charge is 2.34. The maximum Gasteiger partial charge on any atom is 0.258 e. The number of anilines is 3. The van der Waals surface area contributed by atoms with Crippen molar-refractivity contribution in [3.8, 4) is 5.75 Å². The highest BCUT2D eigenvalue weighted by atomic mass is 35.5. The molecule has 48 heavy (non-hydrogen) atoms. The molecule has 258 valence electrons. The molecule has 0 saturated carbocycles. The number of carbonyl (C=O) groups is 3. The maximum absolute atomic E-state index is 13.8. The summed E-state index contributed by atoms with van der Waals surface area (Å²) >= 11 is 12.4. The number of para-hydroxylation sites is 3. The van der Waals surface area contributed by atoms with E-state index >= 15 is 0 Å². The fraction of sp³-hybridized carbons (Fsp3) is 0.417. The van der Waals surface area contributed by atoms with Crippen LogP contribution in [0.2, 0.25) is 10.0 Å². The molecule has 4 rings (SSSR count). The zero-order chi connectivity index (χ0) is 34.8. The predicted octanol–water partition coefficient (Wildman–Crippen LogP) is 6.46. The molecule has 1 heterocycles. The number of hydrogen-bond acceptors (Lipinski definition) is 7. The van der Waals surface area contributed by atoms with Gasteiger partial charge in [0.25, 0.3) is 5.91 Å². The van der Waals surface area contributed by atoms with Crippen molar-refractivity contribution < 1.29 is 24.2 Å². The molecule has 1 aliphatic heterocycles. The van der Waals surface area contributed by atoms with Crippen molar-refractivity contribution in [2.75, 3.05) is 43.1 Å². The molecule has 3 aromatic rings. The van der Waals surface area contributed by atoms with Gasteiger partial charge in [0, 0.05) is 38.4 Å². The third-order valence-corrected chi connectivity index (χ3v) is 9.17. The summed E-state index contributed by atoms with van der Waals surface area (Å²) in [6, 6.07) is 17.3. The SMILES string of the molecule is C[C@H](CO)N1C[C@H](C)[C@@H](CN(C)Cc2ccc(Cl)c(Cl)c2)Oc2c(NC(=O)CCCCCC(=O)Nc3ccccc3N)cccc2C1=O. The number of fused-ring (bicyclic) bond motifs is 1. The van der Waals surface area contributed by atoms with E-state index in [0.717, 1.165) is 5.56 Å². The number of ether oxygens (including phenoxy) is 1. The summed E-state index contributed by atoms with van der Waals surface area (Å²) in [5.41, 5.74) is 8.72. The fourth-order valence-electron chi connectivity index (χ4n) is 5.67. The highest BCUT2D eigenvalue weighted by molar-refractivity contribution is 6.42. The number of benzene rings is 3. The van der Waals surface area contributed by atoms with Gasteiger partial charge in [-0.25, -0.2) is 0 Å². The van der Waals surface area contributed by atoms with Crippen LogP contribution in [-0.2, 0) is 16.1 Å². The Morgan fingerprint density at radius 3 is 2.33 bits per heavy atom. The van der Waals surface area contributed by atoms with E-state index in [9.17, 15) is 19.5 Å². The van der Waals surface area contributed by atoms with E-state index in [1.54, 1.807) is 47.4 Å². The zero-order valence-electron chi connectivity index (χ0n) is 27.7. The number of aliphatic hydroxyl groups excluding tert-OH is 1. The van der Waals surface area contributed by atoms with Crippen LogP contribution >= 0.6 is 23.2 Å². The Morgan fingerprint density at radius 2 is 1.67 bits per heavy atom. The lowest BCUT2D eigenvalue weighted by molar-refractivity contribution is -0.116. The first-order valence-electron chi connectivity index (χ1n) is 16.2. The van der Waals surface area contributed by atoms with Crippen molar-refractivity contribution in [2.45, 2.75) is 64.6 Å². The molecule has 10 nitrogen and oxygen atoms in total. The van der Waals surface area contributed by atoms with Gasteiger partial charge in [-0.3, -0.25) is 19.3 Å². The Kier molecular flexibility index (Phi) is 13.5. The second kappa shape index (κ2) is 17.5. The number of nitrogen functional groups attached to an aromatic ring is 1. The third-order valence-electron chi connectivity index (χ3n) is 8.44. The number of amides is 3. The minimum Gasteiger partial charge on any atom is -0.486 e. The molecule has 5 N–H and O–H groups in total. The number of carbonyl (C=O) groups excluding carboxylic acids is 3. The van der Waals surface area contributed by atoms with Crippen molar-refractivity contribution in [1.82, 2.24) is 9.80 Å². The lowest BCUT2D eigenvalue weighted by Gasteiger charge is -2.38. The van der Waals surface area contributed by atoms with Crippen molar-refractivity contribution in [3.05, 3.63) is 81.8 Å². The summed E-state index contributed by atoms with van der Waals surface area (Å²) in [6.45, 7) is 5.14. The highest BCUT2D eigenvalue weighted by Crippen LogP contribution is 2.35. The predicted molar refractivity (Wildman–Crippen MR) is 192 cm³/mol. The van der Waals surface area contributed by atoms with Crippen molar-refractivity contribution in [3.63, 3.8) is 0 Å². The summed E-state index contributed by atoms with van der Waals surface area (Å²) in [7, 11) is 1.98. The molecule has 3 aromatic carbocycles. The van der Waals surface area contributed by atoms with Gasteiger partial charge in [0.05, 0.1) is 45.3 Å². The van der Waals surface area contributed by atoms with Crippen LogP contribution in [0.25, 0.3) is 0 Å². The van der Waals surface area contributed by atoms with Crippen LogP contribution in [0.3, 0.4) is 0 Å². The Balaban J connectivity index is 1.42. The number of nitrogens with two attached hydrogens (primary N) is 1. The topological polar surface area (TPSA) is 137 Å². The van der Waals surface area contributed by atoms with Crippen LogP contribution in [-0.4, -0.2) is 71.5 Å².